The zero-order valence-corrected chi connectivity index (χ0v) is 13.7. The van der Waals surface area contributed by atoms with E-state index in [1.54, 1.807) is 30.3 Å². The van der Waals surface area contributed by atoms with Gasteiger partial charge in [0.05, 0.1) is 7.11 Å². The predicted molar refractivity (Wildman–Crippen MR) is 93.2 cm³/mol. The van der Waals surface area contributed by atoms with Gasteiger partial charge in [-0.15, -0.1) is 0 Å². The number of methoxy groups -OCH3 is 1. The van der Waals surface area contributed by atoms with Gasteiger partial charge in [-0.2, -0.15) is 0 Å². The molecular formula is C18H14FN3O4. The SMILES string of the molecule is COc1ccc(/C=C/C(=O)Nc2ccc(-c3noc(=O)[nH]3)cc2)cc1F. The first kappa shape index (κ1) is 17.2. The fourth-order valence-corrected chi connectivity index (χ4v) is 2.21. The minimum absolute atomic E-state index is 0.139. The summed E-state index contributed by atoms with van der Waals surface area (Å²) in [7, 11) is 1.38. The highest BCUT2D eigenvalue weighted by molar-refractivity contribution is 6.02. The molecule has 1 amide bonds. The number of nitrogens with one attached hydrogen (secondary N) is 2. The Morgan fingerprint density at radius 1 is 1.27 bits per heavy atom. The van der Waals surface area contributed by atoms with Crippen molar-refractivity contribution in [1.29, 1.82) is 0 Å². The van der Waals surface area contributed by atoms with Crippen LogP contribution in [0.3, 0.4) is 0 Å². The number of aromatic amines is 1. The van der Waals surface area contributed by atoms with E-state index < -0.39 is 11.6 Å². The number of amides is 1. The Hall–Kier alpha value is -3.68. The smallest absolute Gasteiger partial charge is 0.439 e. The van der Waals surface area contributed by atoms with Gasteiger partial charge in [0, 0.05) is 17.3 Å². The highest BCUT2D eigenvalue weighted by Gasteiger charge is 2.05. The zero-order valence-electron chi connectivity index (χ0n) is 13.7. The lowest BCUT2D eigenvalue weighted by molar-refractivity contribution is -0.111. The Morgan fingerprint density at radius 3 is 2.65 bits per heavy atom. The van der Waals surface area contributed by atoms with Crippen LogP contribution in [0.4, 0.5) is 10.1 Å². The number of halogens is 1. The monoisotopic (exact) mass is 355 g/mol. The maximum Gasteiger partial charge on any atom is 0.439 e. The fourth-order valence-electron chi connectivity index (χ4n) is 2.21. The van der Waals surface area contributed by atoms with Crippen LogP contribution in [-0.2, 0) is 4.79 Å². The molecule has 0 aliphatic heterocycles. The number of hydrogen-bond donors (Lipinski definition) is 2. The van der Waals surface area contributed by atoms with Crippen LogP contribution in [0.2, 0.25) is 0 Å². The van der Waals surface area contributed by atoms with Crippen LogP contribution in [0.25, 0.3) is 17.5 Å². The number of hydrogen-bond acceptors (Lipinski definition) is 5. The molecule has 0 saturated heterocycles. The predicted octanol–water partition coefficient (Wildman–Crippen LogP) is 2.83. The molecule has 8 heteroatoms. The lowest BCUT2D eigenvalue weighted by atomic mass is 10.2. The van der Waals surface area contributed by atoms with Gasteiger partial charge in [-0.3, -0.25) is 14.3 Å². The average Bonchev–Trinajstić information content (AvgIpc) is 3.07. The van der Waals surface area contributed by atoms with Crippen molar-refractivity contribution in [2.75, 3.05) is 12.4 Å². The summed E-state index contributed by atoms with van der Waals surface area (Å²) in [6.07, 6.45) is 2.79. The van der Waals surface area contributed by atoms with E-state index in [2.05, 4.69) is 20.0 Å². The molecule has 2 aromatic carbocycles. The Labute approximate surface area is 147 Å². The molecular weight excluding hydrogens is 341 g/mol. The molecule has 0 fully saturated rings. The molecule has 26 heavy (non-hydrogen) atoms. The molecule has 0 aliphatic carbocycles. The van der Waals surface area contributed by atoms with E-state index in [9.17, 15) is 14.0 Å². The Bertz CT molecular complexity index is 1010. The van der Waals surface area contributed by atoms with E-state index in [1.807, 2.05) is 0 Å². The third-order valence-corrected chi connectivity index (χ3v) is 3.47. The molecule has 1 aromatic heterocycles. The van der Waals surface area contributed by atoms with Crippen molar-refractivity contribution in [1.82, 2.24) is 10.1 Å². The molecule has 7 nitrogen and oxygen atoms in total. The molecule has 0 bridgehead atoms. The number of carbonyl (C=O) groups is 1. The number of ether oxygens (including phenoxy) is 1. The van der Waals surface area contributed by atoms with Gasteiger partial charge in [-0.25, -0.2) is 9.18 Å². The van der Waals surface area contributed by atoms with Crippen molar-refractivity contribution in [2.45, 2.75) is 0 Å². The summed E-state index contributed by atoms with van der Waals surface area (Å²) in [5, 5.41) is 6.25. The Balaban J connectivity index is 1.64. The zero-order chi connectivity index (χ0) is 18.5. The van der Waals surface area contributed by atoms with Crippen molar-refractivity contribution in [2.24, 2.45) is 0 Å². The normalized spacial score (nSPS) is 10.8. The molecule has 1 heterocycles. The molecule has 0 spiro atoms. The quantitative estimate of drug-likeness (QED) is 0.686. The van der Waals surface area contributed by atoms with E-state index in [4.69, 9.17) is 4.74 Å². The third-order valence-electron chi connectivity index (χ3n) is 3.47. The van der Waals surface area contributed by atoms with Crippen LogP contribution >= 0.6 is 0 Å². The minimum atomic E-state index is -0.641. The molecule has 0 atom stereocenters. The largest absolute Gasteiger partial charge is 0.494 e. The van der Waals surface area contributed by atoms with E-state index in [0.717, 1.165) is 0 Å². The Kier molecular flexibility index (Phi) is 4.93. The summed E-state index contributed by atoms with van der Waals surface area (Å²) in [5.74, 6) is -1.08. The number of anilines is 1. The molecule has 2 N–H and O–H groups in total. The molecule has 0 aliphatic rings. The second kappa shape index (κ2) is 7.47. The second-order valence-corrected chi connectivity index (χ2v) is 5.24. The van der Waals surface area contributed by atoms with Gasteiger partial charge < -0.3 is 10.1 Å². The van der Waals surface area contributed by atoms with Crippen molar-refractivity contribution in [3.8, 4) is 17.1 Å². The lowest BCUT2D eigenvalue weighted by Gasteiger charge is -2.03. The minimum Gasteiger partial charge on any atom is -0.494 e. The number of carbonyl (C=O) groups excluding carboxylic acids is 1. The number of nitrogens with zero attached hydrogens (tertiary/aromatic N) is 1. The van der Waals surface area contributed by atoms with Gasteiger partial charge in [0.2, 0.25) is 5.91 Å². The van der Waals surface area contributed by atoms with E-state index >= 15 is 0 Å². The molecule has 132 valence electrons. The average molecular weight is 355 g/mol. The van der Waals surface area contributed by atoms with Gasteiger partial charge in [-0.05, 0) is 48.0 Å². The Morgan fingerprint density at radius 2 is 2.04 bits per heavy atom. The summed E-state index contributed by atoms with van der Waals surface area (Å²) >= 11 is 0. The van der Waals surface area contributed by atoms with Crippen LogP contribution in [0.1, 0.15) is 5.56 Å². The lowest BCUT2D eigenvalue weighted by Crippen LogP contribution is -2.07. The van der Waals surface area contributed by atoms with E-state index in [-0.39, 0.29) is 11.7 Å². The highest BCUT2D eigenvalue weighted by Crippen LogP contribution is 2.19. The van der Waals surface area contributed by atoms with E-state index in [1.165, 1.54) is 31.4 Å². The first-order valence-electron chi connectivity index (χ1n) is 7.54. The van der Waals surface area contributed by atoms with Gasteiger partial charge >= 0.3 is 5.76 Å². The number of benzene rings is 2. The topological polar surface area (TPSA) is 97.2 Å². The third kappa shape index (κ3) is 4.04. The van der Waals surface area contributed by atoms with Crippen LogP contribution in [0, 0.1) is 5.82 Å². The summed E-state index contributed by atoms with van der Waals surface area (Å²) in [4.78, 5) is 25.3. The maximum absolute atomic E-state index is 13.6. The number of H-pyrrole nitrogens is 1. The summed E-state index contributed by atoms with van der Waals surface area (Å²) < 4.78 is 22.9. The molecule has 0 saturated carbocycles. The van der Waals surface area contributed by atoms with Gasteiger partial charge in [-0.1, -0.05) is 11.2 Å². The molecule has 0 unspecified atom stereocenters. The highest BCUT2D eigenvalue weighted by atomic mass is 19.1. The van der Waals surface area contributed by atoms with Crippen molar-refractivity contribution in [3.63, 3.8) is 0 Å². The second-order valence-electron chi connectivity index (χ2n) is 5.24. The summed E-state index contributed by atoms with van der Waals surface area (Å²) in [6, 6.07) is 11.1. The van der Waals surface area contributed by atoms with Crippen LogP contribution in [0.15, 0.2) is 57.9 Å². The van der Waals surface area contributed by atoms with E-state index in [0.29, 0.717) is 22.6 Å². The first-order chi connectivity index (χ1) is 12.5. The number of rotatable bonds is 5. The maximum atomic E-state index is 13.6. The molecule has 3 aromatic rings. The standard InChI is InChI=1S/C18H14FN3O4/c1-25-15-8-2-11(10-14(15)19)3-9-16(23)20-13-6-4-12(5-7-13)17-21-18(24)26-22-17/h2-10H,1H3,(H,20,23)(H,21,22,24)/b9-3+. The molecule has 0 radical (unpaired) electrons. The van der Waals surface area contributed by atoms with Crippen LogP contribution in [0.5, 0.6) is 5.75 Å². The number of aromatic nitrogens is 2. The van der Waals surface area contributed by atoms with Gasteiger partial charge in [0.1, 0.15) is 0 Å². The first-order valence-corrected chi connectivity index (χ1v) is 7.54. The van der Waals surface area contributed by atoms with Crippen LogP contribution < -0.4 is 15.8 Å². The fraction of sp³-hybridized carbons (Fsp3) is 0.0556. The van der Waals surface area contributed by atoms with Crippen molar-refractivity contribution >= 4 is 17.7 Å². The van der Waals surface area contributed by atoms with Crippen molar-refractivity contribution in [3.05, 3.63) is 70.5 Å². The van der Waals surface area contributed by atoms with Crippen LogP contribution in [-0.4, -0.2) is 23.2 Å². The summed E-state index contributed by atoms with van der Waals surface area (Å²) in [5.41, 5.74) is 1.72. The van der Waals surface area contributed by atoms with Gasteiger partial charge in [0.25, 0.3) is 0 Å². The van der Waals surface area contributed by atoms with Crippen molar-refractivity contribution < 1.29 is 18.4 Å². The van der Waals surface area contributed by atoms with Gasteiger partial charge in [0.15, 0.2) is 17.4 Å². The summed E-state index contributed by atoms with van der Waals surface area (Å²) in [6.45, 7) is 0. The molecule has 3 rings (SSSR count).